The number of aromatic amines is 1. The maximum atomic E-state index is 13.1. The number of nitrogens with zero attached hydrogens (tertiary/aromatic N) is 5. The SMILES string of the molecule is O=c1[nH]c2cc(S(=O)(=O)N3CCN(c4cc(Nc5ccccn5)ncn4)CC3)ccc2o1. The van der Waals surface area contributed by atoms with Crippen molar-refractivity contribution in [2.24, 2.45) is 0 Å². The zero-order chi connectivity index (χ0) is 22.1. The smallest absolute Gasteiger partial charge is 0.408 e. The van der Waals surface area contributed by atoms with Crippen LogP contribution in [-0.4, -0.2) is 58.8 Å². The molecule has 0 saturated carbocycles. The Kier molecular flexibility index (Phi) is 5.07. The van der Waals surface area contributed by atoms with Crippen molar-refractivity contribution in [1.29, 1.82) is 0 Å². The predicted octanol–water partition coefficient (Wildman–Crippen LogP) is 1.56. The summed E-state index contributed by atoms with van der Waals surface area (Å²) >= 11 is 0. The molecule has 0 unspecified atom stereocenters. The van der Waals surface area contributed by atoms with Gasteiger partial charge in [-0.3, -0.25) is 4.98 Å². The number of hydrogen-bond acceptors (Lipinski definition) is 9. The number of fused-ring (bicyclic) bond motifs is 1. The molecule has 4 heterocycles. The molecule has 1 saturated heterocycles. The van der Waals surface area contributed by atoms with Gasteiger partial charge in [0, 0.05) is 38.4 Å². The molecule has 3 aromatic heterocycles. The summed E-state index contributed by atoms with van der Waals surface area (Å²) in [7, 11) is -3.71. The van der Waals surface area contributed by atoms with Gasteiger partial charge in [-0.2, -0.15) is 4.31 Å². The quantitative estimate of drug-likeness (QED) is 0.461. The number of piperazine rings is 1. The lowest BCUT2D eigenvalue weighted by molar-refractivity contribution is 0.384. The van der Waals surface area contributed by atoms with E-state index in [4.69, 9.17) is 4.42 Å². The molecule has 164 valence electrons. The van der Waals surface area contributed by atoms with Crippen LogP contribution < -0.4 is 16.0 Å². The van der Waals surface area contributed by atoms with E-state index in [1.54, 1.807) is 6.20 Å². The first-order chi connectivity index (χ1) is 15.5. The molecule has 4 aromatic rings. The van der Waals surface area contributed by atoms with E-state index in [9.17, 15) is 13.2 Å². The lowest BCUT2D eigenvalue weighted by atomic mass is 10.3. The summed E-state index contributed by atoms with van der Waals surface area (Å²) in [6.07, 6.45) is 3.15. The topological polar surface area (TPSA) is 137 Å². The fraction of sp³-hybridized carbons (Fsp3) is 0.200. The molecule has 5 rings (SSSR count). The summed E-state index contributed by atoms with van der Waals surface area (Å²) in [5.74, 6) is 1.35. The van der Waals surface area contributed by atoms with E-state index in [0.717, 1.165) is 0 Å². The van der Waals surface area contributed by atoms with Crippen molar-refractivity contribution >= 4 is 38.6 Å². The minimum atomic E-state index is -3.71. The van der Waals surface area contributed by atoms with Crippen LogP contribution in [0.3, 0.4) is 0 Å². The van der Waals surface area contributed by atoms with E-state index >= 15 is 0 Å². The Hall–Kier alpha value is -3.77. The number of H-pyrrole nitrogens is 1. The third-order valence-electron chi connectivity index (χ3n) is 5.16. The van der Waals surface area contributed by atoms with Crippen molar-refractivity contribution in [3.63, 3.8) is 0 Å². The van der Waals surface area contributed by atoms with E-state index in [1.807, 2.05) is 29.2 Å². The molecule has 0 bridgehead atoms. The Balaban J connectivity index is 1.29. The molecule has 1 aromatic carbocycles. The summed E-state index contributed by atoms with van der Waals surface area (Å²) < 4.78 is 32.5. The molecular formula is C20H19N7O4S. The Morgan fingerprint density at radius 1 is 0.969 bits per heavy atom. The first-order valence-electron chi connectivity index (χ1n) is 9.87. The number of nitrogens with one attached hydrogen (secondary N) is 2. The normalized spacial score (nSPS) is 15.2. The second kappa shape index (κ2) is 8.05. The third-order valence-corrected chi connectivity index (χ3v) is 7.06. The monoisotopic (exact) mass is 453 g/mol. The molecule has 1 fully saturated rings. The fourth-order valence-corrected chi connectivity index (χ4v) is 5.00. The molecule has 0 atom stereocenters. The van der Waals surface area contributed by atoms with Crippen molar-refractivity contribution in [2.75, 3.05) is 36.4 Å². The predicted molar refractivity (Wildman–Crippen MR) is 117 cm³/mol. The molecule has 12 heteroatoms. The number of hydrogen-bond donors (Lipinski definition) is 2. The number of pyridine rings is 1. The summed E-state index contributed by atoms with van der Waals surface area (Å²) in [4.78, 5) is 28.7. The largest absolute Gasteiger partial charge is 0.417 e. The van der Waals surface area contributed by atoms with Crippen LogP contribution in [0.15, 0.2) is 69.1 Å². The lowest BCUT2D eigenvalue weighted by Crippen LogP contribution is -2.48. The number of benzene rings is 1. The van der Waals surface area contributed by atoms with Crippen LogP contribution in [0.5, 0.6) is 0 Å². The van der Waals surface area contributed by atoms with Crippen LogP contribution >= 0.6 is 0 Å². The van der Waals surface area contributed by atoms with Crippen LogP contribution in [0.25, 0.3) is 11.1 Å². The fourth-order valence-electron chi connectivity index (χ4n) is 3.55. The lowest BCUT2D eigenvalue weighted by Gasteiger charge is -2.34. The molecule has 1 aliphatic heterocycles. The van der Waals surface area contributed by atoms with Gasteiger partial charge >= 0.3 is 5.76 Å². The van der Waals surface area contributed by atoms with E-state index in [2.05, 4.69) is 25.3 Å². The van der Waals surface area contributed by atoms with Crippen molar-refractivity contribution < 1.29 is 12.8 Å². The van der Waals surface area contributed by atoms with Gasteiger partial charge in [0.05, 0.1) is 10.4 Å². The summed E-state index contributed by atoms with van der Waals surface area (Å²) in [5, 5.41) is 3.13. The highest BCUT2D eigenvalue weighted by molar-refractivity contribution is 7.89. The van der Waals surface area contributed by atoms with Crippen molar-refractivity contribution in [2.45, 2.75) is 4.90 Å². The van der Waals surface area contributed by atoms with Gasteiger partial charge in [-0.1, -0.05) is 6.07 Å². The van der Waals surface area contributed by atoms with Crippen LogP contribution in [0.2, 0.25) is 0 Å². The van der Waals surface area contributed by atoms with Gasteiger partial charge < -0.3 is 14.6 Å². The molecule has 11 nitrogen and oxygen atoms in total. The minimum absolute atomic E-state index is 0.111. The maximum Gasteiger partial charge on any atom is 0.417 e. The maximum absolute atomic E-state index is 13.1. The highest BCUT2D eigenvalue weighted by atomic mass is 32.2. The first-order valence-corrected chi connectivity index (χ1v) is 11.3. The van der Waals surface area contributed by atoms with Gasteiger partial charge in [0.1, 0.15) is 23.8 Å². The second-order valence-corrected chi connectivity index (χ2v) is 9.10. The summed E-state index contributed by atoms with van der Waals surface area (Å²) in [6.45, 7) is 1.55. The Bertz CT molecular complexity index is 1410. The zero-order valence-electron chi connectivity index (χ0n) is 16.8. The van der Waals surface area contributed by atoms with Gasteiger partial charge in [0.2, 0.25) is 10.0 Å². The number of sulfonamides is 1. The van der Waals surface area contributed by atoms with E-state index in [1.165, 1.54) is 28.8 Å². The van der Waals surface area contributed by atoms with E-state index in [0.29, 0.717) is 54.7 Å². The van der Waals surface area contributed by atoms with Crippen molar-refractivity contribution in [3.8, 4) is 0 Å². The Morgan fingerprint density at radius 3 is 2.59 bits per heavy atom. The van der Waals surface area contributed by atoms with Crippen LogP contribution in [0.1, 0.15) is 0 Å². The Morgan fingerprint density at radius 2 is 1.81 bits per heavy atom. The molecule has 0 radical (unpaired) electrons. The first kappa shape index (κ1) is 20.2. The van der Waals surface area contributed by atoms with Crippen LogP contribution in [0, 0.1) is 0 Å². The van der Waals surface area contributed by atoms with Crippen molar-refractivity contribution in [1.82, 2.24) is 24.2 Å². The van der Waals surface area contributed by atoms with Gasteiger partial charge in [0.15, 0.2) is 5.58 Å². The average Bonchev–Trinajstić information content (AvgIpc) is 3.19. The third kappa shape index (κ3) is 3.92. The molecule has 0 amide bonds. The van der Waals surface area contributed by atoms with Gasteiger partial charge in [-0.15, -0.1) is 0 Å². The average molecular weight is 453 g/mol. The van der Waals surface area contributed by atoms with Crippen LogP contribution in [-0.2, 0) is 10.0 Å². The summed E-state index contributed by atoms with van der Waals surface area (Å²) in [6, 6.07) is 11.7. The molecule has 32 heavy (non-hydrogen) atoms. The number of anilines is 3. The number of aromatic nitrogens is 4. The second-order valence-electron chi connectivity index (χ2n) is 7.17. The van der Waals surface area contributed by atoms with Gasteiger partial charge in [-0.25, -0.2) is 28.2 Å². The number of rotatable bonds is 5. The Labute approximate surface area is 182 Å². The minimum Gasteiger partial charge on any atom is -0.408 e. The number of oxazole rings is 1. The molecule has 0 spiro atoms. The van der Waals surface area contributed by atoms with Crippen molar-refractivity contribution in [3.05, 3.63) is 65.5 Å². The van der Waals surface area contributed by atoms with E-state index in [-0.39, 0.29) is 4.90 Å². The van der Waals surface area contributed by atoms with Crippen LogP contribution in [0.4, 0.5) is 17.5 Å². The molecule has 2 N–H and O–H groups in total. The van der Waals surface area contributed by atoms with Gasteiger partial charge in [-0.05, 0) is 30.3 Å². The highest BCUT2D eigenvalue weighted by Crippen LogP contribution is 2.23. The standard InChI is InChI=1S/C20H19N7O4S/c28-20-24-15-11-14(4-5-16(15)31-20)32(29,30)27-9-7-26(8-10-27)19-12-18(22-13-23-19)25-17-3-1-2-6-21-17/h1-6,11-13H,7-10H2,(H,24,28)(H,21,22,23,25). The molecular weight excluding hydrogens is 434 g/mol. The van der Waals surface area contributed by atoms with E-state index < -0.39 is 15.8 Å². The summed E-state index contributed by atoms with van der Waals surface area (Å²) in [5.41, 5.74) is 0.668. The van der Waals surface area contributed by atoms with Gasteiger partial charge in [0.25, 0.3) is 0 Å². The molecule has 1 aliphatic rings. The molecule has 0 aliphatic carbocycles. The highest BCUT2D eigenvalue weighted by Gasteiger charge is 2.29. The zero-order valence-corrected chi connectivity index (χ0v) is 17.6.